The van der Waals surface area contributed by atoms with Crippen LogP contribution in [0.25, 0.3) is 0 Å². The van der Waals surface area contributed by atoms with Gasteiger partial charge >= 0.3 is 5.97 Å². The third kappa shape index (κ3) is 8.04. The van der Waals surface area contributed by atoms with Gasteiger partial charge in [0.15, 0.2) is 0 Å². The van der Waals surface area contributed by atoms with E-state index in [1.54, 1.807) is 48.5 Å². The predicted octanol–water partition coefficient (Wildman–Crippen LogP) is 4.83. The maximum Gasteiger partial charge on any atom is 0.338 e. The van der Waals surface area contributed by atoms with Gasteiger partial charge in [0, 0.05) is 5.69 Å². The molecule has 0 heterocycles. The molecule has 0 radical (unpaired) electrons. The number of anilines is 1. The van der Waals surface area contributed by atoms with E-state index in [1.807, 2.05) is 13.0 Å². The van der Waals surface area contributed by atoms with Crippen molar-refractivity contribution in [3.05, 3.63) is 88.9 Å². The molecule has 0 aliphatic carbocycles. The summed E-state index contributed by atoms with van der Waals surface area (Å²) in [6, 6.07) is 18.2. The number of halogens is 1. The van der Waals surface area contributed by atoms with E-state index in [0.717, 1.165) is 18.4 Å². The van der Waals surface area contributed by atoms with Crippen LogP contribution < -0.4 is 14.8 Å². The molecule has 1 atom stereocenters. The van der Waals surface area contributed by atoms with Crippen molar-refractivity contribution in [3.8, 4) is 5.75 Å². The highest BCUT2D eigenvalue weighted by atomic mass is 35.5. The highest BCUT2D eigenvalue weighted by Gasteiger charge is 2.27. The van der Waals surface area contributed by atoms with Crippen LogP contribution in [-0.2, 0) is 26.0 Å². The lowest BCUT2D eigenvalue weighted by Gasteiger charge is -2.19. The first kappa shape index (κ1) is 28.2. The molecule has 0 saturated heterocycles. The molecule has 0 aromatic heterocycles. The first-order valence-electron chi connectivity index (χ1n) is 11.7. The van der Waals surface area contributed by atoms with Gasteiger partial charge in [-0.1, -0.05) is 55.3 Å². The van der Waals surface area contributed by atoms with Crippen LogP contribution in [-0.4, -0.2) is 40.1 Å². The van der Waals surface area contributed by atoms with Crippen molar-refractivity contribution in [1.29, 1.82) is 0 Å². The first-order valence-corrected chi connectivity index (χ1v) is 13.6. The number of nitrogens with one attached hydrogen (secondary N) is 2. The smallest absolute Gasteiger partial charge is 0.338 e. The van der Waals surface area contributed by atoms with Gasteiger partial charge in [-0.25, -0.2) is 13.2 Å². The second kappa shape index (κ2) is 13.2. The lowest BCUT2D eigenvalue weighted by Crippen LogP contribution is -2.45. The van der Waals surface area contributed by atoms with Crippen molar-refractivity contribution in [2.75, 3.05) is 19.0 Å². The second-order valence-electron chi connectivity index (χ2n) is 8.22. The number of ether oxygens (including phenoxy) is 2. The van der Waals surface area contributed by atoms with Crippen LogP contribution >= 0.6 is 11.6 Å². The molecule has 8 nitrogen and oxygen atoms in total. The fraction of sp³-hybridized carbons (Fsp3) is 0.259. The zero-order valence-corrected chi connectivity index (χ0v) is 22.1. The Morgan fingerprint density at radius 3 is 2.32 bits per heavy atom. The Morgan fingerprint density at radius 2 is 1.70 bits per heavy atom. The standard InChI is InChI=1S/C27H29ClN2O6S/c1-3-4-16-36-27(32)20-10-12-21(13-11-20)29-26(31)24(17-19-8-6-5-7-9-19)30-37(33,34)22-14-15-25(35-2)23(28)18-22/h5-15,18,24,30H,3-4,16-17H2,1-2H3,(H,29,31)/t24-/m1/s1. The summed E-state index contributed by atoms with van der Waals surface area (Å²) in [7, 11) is -2.68. The number of sulfonamides is 1. The molecule has 0 bridgehead atoms. The number of hydrogen-bond donors (Lipinski definition) is 2. The second-order valence-corrected chi connectivity index (χ2v) is 10.3. The molecule has 0 saturated carbocycles. The number of amides is 1. The first-order chi connectivity index (χ1) is 17.7. The maximum atomic E-state index is 13.2. The van der Waals surface area contributed by atoms with Crippen LogP contribution in [0.4, 0.5) is 5.69 Å². The molecular formula is C27H29ClN2O6S. The lowest BCUT2D eigenvalue weighted by molar-refractivity contribution is -0.117. The van der Waals surface area contributed by atoms with Crippen LogP contribution in [0, 0.1) is 0 Å². The largest absolute Gasteiger partial charge is 0.495 e. The van der Waals surface area contributed by atoms with Crippen LogP contribution in [0.2, 0.25) is 5.02 Å². The van der Waals surface area contributed by atoms with Gasteiger partial charge in [-0.15, -0.1) is 0 Å². The van der Waals surface area contributed by atoms with E-state index in [0.29, 0.717) is 23.6 Å². The molecule has 3 aromatic rings. The Labute approximate surface area is 222 Å². The van der Waals surface area contributed by atoms with E-state index in [2.05, 4.69) is 10.0 Å². The molecule has 1 amide bonds. The molecule has 196 valence electrons. The minimum atomic E-state index is -4.11. The van der Waals surface area contributed by atoms with Crippen molar-refractivity contribution in [3.63, 3.8) is 0 Å². The highest BCUT2D eigenvalue weighted by molar-refractivity contribution is 7.89. The van der Waals surface area contributed by atoms with Crippen LogP contribution in [0.3, 0.4) is 0 Å². The molecule has 37 heavy (non-hydrogen) atoms. The van der Waals surface area contributed by atoms with E-state index in [9.17, 15) is 18.0 Å². The van der Waals surface area contributed by atoms with E-state index in [-0.39, 0.29) is 16.3 Å². The summed E-state index contributed by atoms with van der Waals surface area (Å²) in [5.74, 6) is -0.679. The van der Waals surface area contributed by atoms with Gasteiger partial charge < -0.3 is 14.8 Å². The number of carbonyl (C=O) groups excluding carboxylic acids is 2. The molecule has 3 rings (SSSR count). The number of carbonyl (C=O) groups is 2. The van der Waals surface area contributed by atoms with Crippen molar-refractivity contribution in [1.82, 2.24) is 4.72 Å². The maximum absolute atomic E-state index is 13.2. The predicted molar refractivity (Wildman–Crippen MR) is 143 cm³/mol. The molecule has 0 unspecified atom stereocenters. The van der Waals surface area contributed by atoms with Gasteiger partial charge in [-0.3, -0.25) is 4.79 Å². The summed E-state index contributed by atoms with van der Waals surface area (Å²) >= 11 is 6.11. The fourth-order valence-electron chi connectivity index (χ4n) is 3.42. The number of rotatable bonds is 12. The Kier molecular flexibility index (Phi) is 10.1. The normalized spacial score (nSPS) is 12.0. The summed E-state index contributed by atoms with van der Waals surface area (Å²) in [4.78, 5) is 25.2. The molecular weight excluding hydrogens is 516 g/mol. The van der Waals surface area contributed by atoms with Gasteiger partial charge in [0.2, 0.25) is 15.9 Å². The summed E-state index contributed by atoms with van der Waals surface area (Å²) < 4.78 is 39.0. The average Bonchev–Trinajstić information content (AvgIpc) is 2.89. The summed E-state index contributed by atoms with van der Waals surface area (Å²) in [5.41, 5.74) is 1.52. The molecule has 2 N–H and O–H groups in total. The number of hydrogen-bond acceptors (Lipinski definition) is 6. The SMILES string of the molecule is CCCCOC(=O)c1ccc(NC(=O)[C@@H](Cc2ccccc2)NS(=O)(=O)c2ccc(OC)c(Cl)c2)cc1. The lowest BCUT2D eigenvalue weighted by atomic mass is 10.1. The Bertz CT molecular complexity index is 1310. The van der Waals surface area contributed by atoms with Crippen LogP contribution in [0.1, 0.15) is 35.7 Å². The number of methoxy groups -OCH3 is 1. The average molecular weight is 545 g/mol. The molecule has 0 aliphatic heterocycles. The van der Waals surface area contributed by atoms with Gasteiger partial charge in [0.25, 0.3) is 0 Å². The number of unbranched alkanes of at least 4 members (excludes halogenated alkanes) is 1. The monoisotopic (exact) mass is 544 g/mol. The fourth-order valence-corrected chi connectivity index (χ4v) is 4.96. The number of esters is 1. The number of benzene rings is 3. The van der Waals surface area contributed by atoms with Gasteiger partial charge in [0.05, 0.1) is 29.2 Å². The topological polar surface area (TPSA) is 111 Å². The molecule has 3 aromatic carbocycles. The molecule has 0 spiro atoms. The van der Waals surface area contributed by atoms with Gasteiger partial charge in [0.1, 0.15) is 11.8 Å². The van der Waals surface area contributed by atoms with E-state index in [1.165, 1.54) is 25.3 Å². The van der Waals surface area contributed by atoms with Crippen LogP contribution in [0.15, 0.2) is 77.7 Å². The van der Waals surface area contributed by atoms with Gasteiger partial charge in [-0.2, -0.15) is 4.72 Å². The zero-order chi connectivity index (χ0) is 26.8. The zero-order valence-electron chi connectivity index (χ0n) is 20.6. The van der Waals surface area contributed by atoms with Crippen molar-refractivity contribution < 1.29 is 27.5 Å². The highest BCUT2D eigenvalue weighted by Crippen LogP contribution is 2.27. The molecule has 10 heteroatoms. The Balaban J connectivity index is 1.78. The molecule has 0 fully saturated rings. The van der Waals surface area contributed by atoms with Gasteiger partial charge in [-0.05, 0) is 60.9 Å². The van der Waals surface area contributed by atoms with Crippen molar-refractivity contribution in [2.24, 2.45) is 0 Å². The third-order valence-electron chi connectivity index (χ3n) is 5.45. The summed E-state index contributed by atoms with van der Waals surface area (Å²) in [6.45, 7) is 2.34. The Morgan fingerprint density at radius 1 is 1.00 bits per heavy atom. The quantitative estimate of drug-likeness (QED) is 0.249. The minimum Gasteiger partial charge on any atom is -0.495 e. The Hall–Kier alpha value is -3.40. The van der Waals surface area contributed by atoms with Crippen LogP contribution in [0.5, 0.6) is 5.75 Å². The van der Waals surface area contributed by atoms with Crippen molar-refractivity contribution in [2.45, 2.75) is 37.1 Å². The van der Waals surface area contributed by atoms with E-state index in [4.69, 9.17) is 21.1 Å². The third-order valence-corrected chi connectivity index (χ3v) is 7.21. The summed E-state index contributed by atoms with van der Waals surface area (Å²) in [5, 5.41) is 2.85. The minimum absolute atomic E-state index is 0.102. The van der Waals surface area contributed by atoms with E-state index >= 15 is 0 Å². The van der Waals surface area contributed by atoms with Crippen molar-refractivity contribution >= 4 is 39.2 Å². The summed E-state index contributed by atoms with van der Waals surface area (Å²) in [6.07, 6.45) is 1.80. The molecule has 0 aliphatic rings. The van der Waals surface area contributed by atoms with E-state index < -0.39 is 27.9 Å².